The van der Waals surface area contributed by atoms with Gasteiger partial charge in [0.15, 0.2) is 0 Å². The van der Waals surface area contributed by atoms with E-state index in [1.54, 1.807) is 43.3 Å². The molecule has 31 heavy (non-hydrogen) atoms. The molecule has 0 aliphatic rings. The fourth-order valence-corrected chi connectivity index (χ4v) is 3.60. The number of hydrogen-bond donors (Lipinski definition) is 3. The number of sulfonamides is 1. The summed E-state index contributed by atoms with van der Waals surface area (Å²) in [6.07, 6.45) is 1.65. The summed E-state index contributed by atoms with van der Waals surface area (Å²) >= 11 is 0. The molecule has 0 saturated heterocycles. The minimum Gasteiger partial charge on any atom is -0.478 e. The van der Waals surface area contributed by atoms with Gasteiger partial charge in [-0.2, -0.15) is 18.4 Å². The van der Waals surface area contributed by atoms with E-state index in [1.165, 1.54) is 6.07 Å². The molecule has 1 amide bonds. The van der Waals surface area contributed by atoms with E-state index in [9.17, 15) is 18.0 Å². The highest BCUT2D eigenvalue weighted by Gasteiger charge is 2.13. The van der Waals surface area contributed by atoms with Crippen LogP contribution in [0, 0.1) is 0 Å². The Morgan fingerprint density at radius 2 is 1.61 bits per heavy atom. The Bertz CT molecular complexity index is 1300. The van der Waals surface area contributed by atoms with Gasteiger partial charge >= 0.3 is 5.97 Å². The molecule has 0 bridgehead atoms. The SMILES string of the molecule is CC(=NNS(=O)(=O)c1ccc2ccccc2c1)c1ccc(NC(=O)C=CC(=O)O)cc1. The largest absolute Gasteiger partial charge is 0.478 e. The van der Waals surface area contributed by atoms with E-state index in [4.69, 9.17) is 5.11 Å². The maximum absolute atomic E-state index is 12.6. The van der Waals surface area contributed by atoms with Crippen LogP contribution in [0.15, 0.2) is 88.9 Å². The first kappa shape index (κ1) is 21.7. The minimum absolute atomic E-state index is 0.107. The van der Waals surface area contributed by atoms with Crippen molar-refractivity contribution >= 4 is 44.1 Å². The highest BCUT2D eigenvalue weighted by Crippen LogP contribution is 2.19. The van der Waals surface area contributed by atoms with Crippen LogP contribution < -0.4 is 10.1 Å². The van der Waals surface area contributed by atoms with Crippen molar-refractivity contribution in [2.24, 2.45) is 5.10 Å². The fraction of sp³-hybridized carbons (Fsp3) is 0.0455. The number of carboxylic acids is 1. The molecule has 3 aromatic carbocycles. The van der Waals surface area contributed by atoms with E-state index in [0.29, 0.717) is 17.0 Å². The molecule has 9 heteroatoms. The van der Waals surface area contributed by atoms with E-state index in [0.717, 1.165) is 22.9 Å². The van der Waals surface area contributed by atoms with Gasteiger partial charge in [0.2, 0.25) is 5.91 Å². The standard InChI is InChI=1S/C22H19N3O5S/c1-15(16-6-9-19(10-7-16)23-21(26)12-13-22(27)28)24-25-31(29,30)20-11-8-17-4-2-3-5-18(17)14-20/h2-14,25H,1H3,(H,23,26)(H,27,28). The lowest BCUT2D eigenvalue weighted by atomic mass is 10.1. The van der Waals surface area contributed by atoms with Crippen LogP contribution in [0.2, 0.25) is 0 Å². The van der Waals surface area contributed by atoms with Crippen LogP contribution in [0.3, 0.4) is 0 Å². The number of hydrogen-bond acceptors (Lipinski definition) is 5. The Hall–Kier alpha value is -3.98. The van der Waals surface area contributed by atoms with Crippen molar-refractivity contribution in [3.05, 3.63) is 84.4 Å². The summed E-state index contributed by atoms with van der Waals surface area (Å²) in [5.74, 6) is -1.80. The van der Waals surface area contributed by atoms with Gasteiger partial charge in [0.25, 0.3) is 10.0 Å². The summed E-state index contributed by atoms with van der Waals surface area (Å²) in [6.45, 7) is 1.64. The summed E-state index contributed by atoms with van der Waals surface area (Å²) < 4.78 is 25.2. The molecule has 3 rings (SSSR count). The van der Waals surface area contributed by atoms with Crippen molar-refractivity contribution < 1.29 is 23.1 Å². The van der Waals surface area contributed by atoms with Crippen LogP contribution in [-0.2, 0) is 19.6 Å². The molecule has 0 heterocycles. The number of anilines is 1. The Kier molecular flexibility index (Phi) is 6.46. The predicted molar refractivity (Wildman–Crippen MR) is 118 cm³/mol. The van der Waals surface area contributed by atoms with Crippen molar-refractivity contribution in [2.75, 3.05) is 5.32 Å². The lowest BCUT2D eigenvalue weighted by molar-refractivity contribution is -0.131. The first-order valence-electron chi connectivity index (χ1n) is 9.12. The second kappa shape index (κ2) is 9.23. The van der Waals surface area contributed by atoms with Crippen LogP contribution in [0.1, 0.15) is 12.5 Å². The third kappa shape index (κ3) is 5.77. The van der Waals surface area contributed by atoms with Crippen molar-refractivity contribution in [1.29, 1.82) is 0 Å². The van der Waals surface area contributed by atoms with Crippen molar-refractivity contribution in [1.82, 2.24) is 4.83 Å². The van der Waals surface area contributed by atoms with E-state index in [2.05, 4.69) is 15.2 Å². The molecule has 3 N–H and O–H groups in total. The molecule has 0 aliphatic carbocycles. The zero-order valence-corrected chi connectivity index (χ0v) is 17.3. The molecule has 158 valence electrons. The van der Waals surface area contributed by atoms with Gasteiger partial charge in [-0.1, -0.05) is 42.5 Å². The zero-order valence-electron chi connectivity index (χ0n) is 16.4. The van der Waals surface area contributed by atoms with Gasteiger partial charge in [-0.05, 0) is 47.5 Å². The van der Waals surface area contributed by atoms with Crippen molar-refractivity contribution in [3.8, 4) is 0 Å². The number of carbonyl (C=O) groups is 2. The molecule has 8 nitrogen and oxygen atoms in total. The van der Waals surface area contributed by atoms with Gasteiger partial charge in [0.05, 0.1) is 10.6 Å². The third-order valence-electron chi connectivity index (χ3n) is 4.31. The summed E-state index contributed by atoms with van der Waals surface area (Å²) in [6, 6.07) is 18.8. The van der Waals surface area contributed by atoms with Gasteiger partial charge in [0.1, 0.15) is 0 Å². The molecule has 0 atom stereocenters. The van der Waals surface area contributed by atoms with Gasteiger partial charge < -0.3 is 10.4 Å². The zero-order chi connectivity index (χ0) is 22.4. The summed E-state index contributed by atoms with van der Waals surface area (Å²) in [5, 5.41) is 16.8. The van der Waals surface area contributed by atoms with E-state index in [1.807, 2.05) is 24.3 Å². The first-order chi connectivity index (χ1) is 14.7. The normalized spacial score (nSPS) is 12.1. The molecule has 0 aromatic heterocycles. The topological polar surface area (TPSA) is 125 Å². The Morgan fingerprint density at radius 1 is 0.935 bits per heavy atom. The maximum Gasteiger partial charge on any atom is 0.328 e. The van der Waals surface area contributed by atoms with Gasteiger partial charge in [-0.25, -0.2) is 4.79 Å². The van der Waals surface area contributed by atoms with E-state index in [-0.39, 0.29) is 4.90 Å². The van der Waals surface area contributed by atoms with Gasteiger partial charge in [0, 0.05) is 17.8 Å². The number of fused-ring (bicyclic) bond motifs is 1. The van der Waals surface area contributed by atoms with Crippen LogP contribution in [0.25, 0.3) is 10.8 Å². The van der Waals surface area contributed by atoms with Crippen LogP contribution in [-0.4, -0.2) is 31.1 Å². The number of nitrogens with one attached hydrogen (secondary N) is 2. The quantitative estimate of drug-likeness (QED) is 0.298. The van der Waals surface area contributed by atoms with Crippen LogP contribution >= 0.6 is 0 Å². The Morgan fingerprint density at radius 3 is 2.29 bits per heavy atom. The monoisotopic (exact) mass is 437 g/mol. The molecule has 3 aromatic rings. The van der Waals surface area contributed by atoms with Crippen molar-refractivity contribution in [3.63, 3.8) is 0 Å². The number of carbonyl (C=O) groups excluding carboxylic acids is 1. The molecule has 0 saturated carbocycles. The summed E-state index contributed by atoms with van der Waals surface area (Å²) in [7, 11) is -3.84. The van der Waals surface area contributed by atoms with Crippen LogP contribution in [0.5, 0.6) is 0 Å². The molecule has 0 spiro atoms. The molecular weight excluding hydrogens is 418 g/mol. The number of nitrogens with zero attached hydrogens (tertiary/aromatic N) is 1. The van der Waals surface area contributed by atoms with Gasteiger partial charge in [-0.15, -0.1) is 0 Å². The maximum atomic E-state index is 12.6. The Balaban J connectivity index is 1.70. The second-order valence-corrected chi connectivity index (χ2v) is 8.20. The van der Waals surface area contributed by atoms with Gasteiger partial charge in [-0.3, -0.25) is 4.79 Å². The minimum atomic E-state index is -3.84. The lowest BCUT2D eigenvalue weighted by Crippen LogP contribution is -2.20. The fourth-order valence-electron chi connectivity index (χ4n) is 2.71. The number of rotatable bonds is 7. The summed E-state index contributed by atoms with van der Waals surface area (Å²) in [5.41, 5.74) is 1.52. The van der Waals surface area contributed by atoms with E-state index < -0.39 is 21.9 Å². The van der Waals surface area contributed by atoms with E-state index >= 15 is 0 Å². The molecule has 0 unspecified atom stereocenters. The molecular formula is C22H19N3O5S. The highest BCUT2D eigenvalue weighted by atomic mass is 32.2. The smallest absolute Gasteiger partial charge is 0.328 e. The van der Waals surface area contributed by atoms with Crippen molar-refractivity contribution in [2.45, 2.75) is 11.8 Å². The lowest BCUT2D eigenvalue weighted by Gasteiger charge is -2.07. The average Bonchev–Trinajstić information content (AvgIpc) is 2.76. The Labute approximate surface area is 179 Å². The predicted octanol–water partition coefficient (Wildman–Crippen LogP) is 3.12. The molecule has 0 aliphatic heterocycles. The number of carboxylic acid groups (broad SMARTS) is 1. The summed E-state index contributed by atoms with van der Waals surface area (Å²) in [4.78, 5) is 24.4. The third-order valence-corrected chi connectivity index (χ3v) is 5.52. The molecule has 0 fully saturated rings. The average molecular weight is 437 g/mol. The molecule has 0 radical (unpaired) electrons. The second-order valence-electron chi connectivity index (χ2n) is 6.54. The number of benzene rings is 3. The number of hydrazone groups is 1. The number of amides is 1. The number of aliphatic carboxylic acids is 1. The van der Waals surface area contributed by atoms with Crippen LogP contribution in [0.4, 0.5) is 5.69 Å². The highest BCUT2D eigenvalue weighted by molar-refractivity contribution is 7.89. The first-order valence-corrected chi connectivity index (χ1v) is 10.6.